The molecule has 0 saturated heterocycles. The van der Waals surface area contributed by atoms with Crippen LogP contribution in [0.2, 0.25) is 5.02 Å². The van der Waals surface area contributed by atoms with E-state index in [9.17, 15) is 9.59 Å². The smallest absolute Gasteiger partial charge is 0.223 e. The Labute approximate surface area is 162 Å². The maximum absolute atomic E-state index is 12.3. The van der Waals surface area contributed by atoms with E-state index < -0.39 is 0 Å². The second-order valence-corrected chi connectivity index (χ2v) is 8.13. The molecule has 0 atom stereocenters. The van der Waals surface area contributed by atoms with E-state index in [4.69, 9.17) is 11.6 Å². The number of carbonyl (C=O) groups excluding carboxylic acids is 2. The van der Waals surface area contributed by atoms with Gasteiger partial charge in [-0.1, -0.05) is 37.6 Å². The highest BCUT2D eigenvalue weighted by molar-refractivity contribution is 6.30. The van der Waals surface area contributed by atoms with Crippen molar-refractivity contribution in [2.24, 2.45) is 17.8 Å². The van der Waals surface area contributed by atoms with E-state index in [-0.39, 0.29) is 23.7 Å². The van der Waals surface area contributed by atoms with Gasteiger partial charge in [0.1, 0.15) is 0 Å². The lowest BCUT2D eigenvalue weighted by Gasteiger charge is -2.27. The molecule has 2 N–H and O–H groups in total. The highest BCUT2D eigenvalue weighted by Gasteiger charge is 2.29. The lowest BCUT2D eigenvalue weighted by atomic mass is 9.81. The van der Waals surface area contributed by atoms with Crippen molar-refractivity contribution in [2.45, 2.75) is 52.4 Å². The molecule has 0 unspecified atom stereocenters. The third kappa shape index (κ3) is 6.99. The first kappa shape index (κ1) is 20.8. The summed E-state index contributed by atoms with van der Waals surface area (Å²) >= 11 is 5.88. The predicted molar refractivity (Wildman–Crippen MR) is 106 cm³/mol. The van der Waals surface area contributed by atoms with Crippen LogP contribution >= 0.6 is 11.6 Å². The summed E-state index contributed by atoms with van der Waals surface area (Å²) < 4.78 is 0. The average Bonchev–Trinajstić information content (AvgIpc) is 2.63. The van der Waals surface area contributed by atoms with Gasteiger partial charge in [-0.05, 0) is 62.1 Å². The van der Waals surface area contributed by atoms with Gasteiger partial charge in [0.25, 0.3) is 0 Å². The van der Waals surface area contributed by atoms with E-state index in [0.717, 1.165) is 55.7 Å². The van der Waals surface area contributed by atoms with Crippen molar-refractivity contribution in [2.75, 3.05) is 13.1 Å². The molecule has 1 aliphatic rings. The fourth-order valence-corrected chi connectivity index (χ4v) is 3.50. The minimum atomic E-state index is 0.0416. The number of rotatable bonds is 8. The van der Waals surface area contributed by atoms with Gasteiger partial charge in [0.05, 0.1) is 0 Å². The summed E-state index contributed by atoms with van der Waals surface area (Å²) in [7, 11) is 0. The molecule has 1 aliphatic carbocycles. The Morgan fingerprint density at radius 3 is 1.96 bits per heavy atom. The number of halogens is 1. The first-order chi connectivity index (χ1) is 12.5. The molecule has 0 bridgehead atoms. The molecule has 0 heterocycles. The molecular weight excluding hydrogens is 348 g/mol. The summed E-state index contributed by atoms with van der Waals surface area (Å²) in [4.78, 5) is 24.5. The van der Waals surface area contributed by atoms with Gasteiger partial charge in [-0.25, -0.2) is 0 Å². The number of benzene rings is 1. The van der Waals surface area contributed by atoms with E-state index in [1.165, 1.54) is 0 Å². The second kappa shape index (κ2) is 10.6. The Hall–Kier alpha value is -1.55. The third-order valence-corrected chi connectivity index (χ3v) is 5.37. The van der Waals surface area contributed by atoms with Crippen molar-refractivity contribution in [1.29, 1.82) is 0 Å². The largest absolute Gasteiger partial charge is 0.356 e. The van der Waals surface area contributed by atoms with Crippen LogP contribution < -0.4 is 10.6 Å². The van der Waals surface area contributed by atoms with E-state index in [1.807, 2.05) is 24.3 Å². The maximum Gasteiger partial charge on any atom is 0.223 e. The zero-order valence-electron chi connectivity index (χ0n) is 15.9. The van der Waals surface area contributed by atoms with Crippen LogP contribution in [0.15, 0.2) is 24.3 Å². The van der Waals surface area contributed by atoms with Crippen LogP contribution in [0.1, 0.15) is 51.5 Å². The summed E-state index contributed by atoms with van der Waals surface area (Å²) in [6, 6.07) is 7.70. The molecule has 144 valence electrons. The molecule has 2 amide bonds. The Morgan fingerprint density at radius 1 is 0.962 bits per heavy atom. The van der Waals surface area contributed by atoms with Crippen LogP contribution in [0, 0.1) is 17.8 Å². The molecule has 0 aliphatic heterocycles. The first-order valence-corrected chi connectivity index (χ1v) is 10.1. The SMILES string of the molecule is CC(C)CCNC(=O)C1CCC(C(=O)NCCc2ccc(Cl)cc2)CC1. The molecule has 0 radical (unpaired) electrons. The van der Waals surface area contributed by atoms with Gasteiger partial charge in [0, 0.05) is 29.9 Å². The van der Waals surface area contributed by atoms with Gasteiger partial charge in [0.15, 0.2) is 0 Å². The Morgan fingerprint density at radius 2 is 1.46 bits per heavy atom. The van der Waals surface area contributed by atoms with Gasteiger partial charge < -0.3 is 10.6 Å². The second-order valence-electron chi connectivity index (χ2n) is 7.69. The fourth-order valence-electron chi connectivity index (χ4n) is 3.37. The number of nitrogens with one attached hydrogen (secondary N) is 2. The quantitative estimate of drug-likeness (QED) is 0.719. The normalized spacial score (nSPS) is 20.0. The van der Waals surface area contributed by atoms with E-state index in [0.29, 0.717) is 12.5 Å². The lowest BCUT2D eigenvalue weighted by molar-refractivity contribution is -0.130. The van der Waals surface area contributed by atoms with Crippen LogP contribution in [0.5, 0.6) is 0 Å². The van der Waals surface area contributed by atoms with Crippen molar-refractivity contribution in [1.82, 2.24) is 10.6 Å². The Bertz CT molecular complexity index is 578. The van der Waals surface area contributed by atoms with Gasteiger partial charge in [-0.15, -0.1) is 0 Å². The minimum absolute atomic E-state index is 0.0416. The summed E-state index contributed by atoms with van der Waals surface area (Å²) in [5, 5.41) is 6.79. The van der Waals surface area contributed by atoms with Crippen LogP contribution in [0.4, 0.5) is 0 Å². The van der Waals surface area contributed by atoms with Crippen molar-refractivity contribution in [3.63, 3.8) is 0 Å². The molecule has 0 aromatic heterocycles. The van der Waals surface area contributed by atoms with E-state index in [2.05, 4.69) is 24.5 Å². The number of carbonyl (C=O) groups is 2. The first-order valence-electron chi connectivity index (χ1n) is 9.75. The zero-order chi connectivity index (χ0) is 18.9. The number of hydrogen-bond donors (Lipinski definition) is 2. The third-order valence-electron chi connectivity index (χ3n) is 5.12. The number of hydrogen-bond acceptors (Lipinski definition) is 2. The van der Waals surface area contributed by atoms with Gasteiger partial charge >= 0.3 is 0 Å². The average molecular weight is 379 g/mol. The van der Waals surface area contributed by atoms with Crippen LogP contribution in [0.3, 0.4) is 0 Å². The molecule has 1 fully saturated rings. The number of amides is 2. The van der Waals surface area contributed by atoms with Crippen LogP contribution in [0.25, 0.3) is 0 Å². The van der Waals surface area contributed by atoms with Gasteiger partial charge in [0.2, 0.25) is 11.8 Å². The summed E-state index contributed by atoms with van der Waals surface area (Å²) in [6.07, 6.45) is 5.03. The van der Waals surface area contributed by atoms with E-state index >= 15 is 0 Å². The summed E-state index contributed by atoms with van der Waals surface area (Å²) in [5.74, 6) is 0.993. The van der Waals surface area contributed by atoms with Crippen molar-refractivity contribution in [3.05, 3.63) is 34.9 Å². The molecular formula is C21H31ClN2O2. The molecule has 2 rings (SSSR count). The predicted octanol–water partition coefficient (Wildman–Crippen LogP) is 3.97. The summed E-state index contributed by atoms with van der Waals surface area (Å²) in [6.45, 7) is 5.70. The van der Waals surface area contributed by atoms with Crippen LogP contribution in [-0.2, 0) is 16.0 Å². The van der Waals surface area contributed by atoms with Crippen LogP contribution in [-0.4, -0.2) is 24.9 Å². The van der Waals surface area contributed by atoms with Crippen molar-refractivity contribution >= 4 is 23.4 Å². The maximum atomic E-state index is 12.3. The highest BCUT2D eigenvalue weighted by atomic mass is 35.5. The van der Waals surface area contributed by atoms with Crippen molar-refractivity contribution < 1.29 is 9.59 Å². The minimum Gasteiger partial charge on any atom is -0.356 e. The Balaban J connectivity index is 1.64. The zero-order valence-corrected chi connectivity index (χ0v) is 16.6. The molecule has 1 saturated carbocycles. The lowest BCUT2D eigenvalue weighted by Crippen LogP contribution is -2.38. The monoisotopic (exact) mass is 378 g/mol. The topological polar surface area (TPSA) is 58.2 Å². The van der Waals surface area contributed by atoms with Gasteiger partial charge in [-0.3, -0.25) is 9.59 Å². The molecule has 1 aromatic carbocycles. The van der Waals surface area contributed by atoms with Gasteiger partial charge in [-0.2, -0.15) is 0 Å². The Kier molecular flexibility index (Phi) is 8.43. The fraction of sp³-hybridized carbons (Fsp3) is 0.619. The molecule has 5 heteroatoms. The molecule has 0 spiro atoms. The standard InChI is InChI=1S/C21H31ClN2O2/c1-15(2)11-13-23-20(25)17-5-7-18(8-6-17)21(26)24-14-12-16-3-9-19(22)10-4-16/h3-4,9-10,15,17-18H,5-8,11-14H2,1-2H3,(H,23,25)(H,24,26). The van der Waals surface area contributed by atoms with Crippen molar-refractivity contribution in [3.8, 4) is 0 Å². The van der Waals surface area contributed by atoms with E-state index in [1.54, 1.807) is 0 Å². The molecule has 26 heavy (non-hydrogen) atoms. The molecule has 1 aromatic rings. The highest BCUT2D eigenvalue weighted by Crippen LogP contribution is 2.29. The summed E-state index contributed by atoms with van der Waals surface area (Å²) in [5.41, 5.74) is 1.16. The molecule has 4 nitrogen and oxygen atoms in total.